The van der Waals surface area contributed by atoms with Gasteiger partial charge >= 0.3 is 0 Å². The Morgan fingerprint density at radius 1 is 0.654 bits per heavy atom. The molecule has 3 rings (SSSR count). The minimum Gasteiger partial charge on any atom is -0.369 e. The third kappa shape index (κ3) is 4.21. The average Bonchev–Trinajstić information content (AvgIpc) is 2.72. The van der Waals surface area contributed by atoms with Crippen LogP contribution >= 0.6 is 0 Å². The minimum atomic E-state index is -1.52. The molecule has 26 heavy (non-hydrogen) atoms. The standard InChI is InChI=1S/C24H18O2/c25-23(17-16-20-10-4-1-5-11-20)18-19-24(26,21-12-6-2-7-13-21)22-14-8-3-9-15-22/h1-15,23,25-26H. The van der Waals surface area contributed by atoms with E-state index in [-0.39, 0.29) is 0 Å². The zero-order chi connectivity index (χ0) is 18.2. The van der Waals surface area contributed by atoms with Crippen LogP contribution in [0.2, 0.25) is 0 Å². The summed E-state index contributed by atoms with van der Waals surface area (Å²) >= 11 is 0. The smallest absolute Gasteiger partial charge is 0.177 e. The van der Waals surface area contributed by atoms with Crippen molar-refractivity contribution < 1.29 is 10.2 Å². The highest BCUT2D eigenvalue weighted by Crippen LogP contribution is 2.28. The number of aliphatic hydroxyl groups excluding tert-OH is 1. The van der Waals surface area contributed by atoms with Crippen LogP contribution in [0.15, 0.2) is 91.0 Å². The largest absolute Gasteiger partial charge is 0.369 e. The summed E-state index contributed by atoms with van der Waals surface area (Å²) in [5.41, 5.74) is 0.566. The van der Waals surface area contributed by atoms with Crippen LogP contribution in [-0.2, 0) is 5.60 Å². The van der Waals surface area contributed by atoms with Gasteiger partial charge in [0.2, 0.25) is 0 Å². The normalized spacial score (nSPS) is 11.5. The van der Waals surface area contributed by atoms with Gasteiger partial charge in [0.05, 0.1) is 0 Å². The van der Waals surface area contributed by atoms with Crippen LogP contribution in [-0.4, -0.2) is 16.3 Å². The third-order valence-corrected chi connectivity index (χ3v) is 3.90. The monoisotopic (exact) mass is 338 g/mol. The molecule has 0 amide bonds. The molecule has 0 aliphatic heterocycles. The molecule has 3 aromatic carbocycles. The van der Waals surface area contributed by atoms with Gasteiger partial charge in [0.15, 0.2) is 11.7 Å². The zero-order valence-electron chi connectivity index (χ0n) is 14.1. The fourth-order valence-corrected chi connectivity index (χ4v) is 2.55. The van der Waals surface area contributed by atoms with Gasteiger partial charge in [-0.15, -0.1) is 0 Å². The molecular weight excluding hydrogens is 320 g/mol. The van der Waals surface area contributed by atoms with Crippen LogP contribution in [0.3, 0.4) is 0 Å². The Morgan fingerprint density at radius 3 is 1.62 bits per heavy atom. The van der Waals surface area contributed by atoms with Gasteiger partial charge in [-0.2, -0.15) is 0 Å². The highest BCUT2D eigenvalue weighted by molar-refractivity contribution is 5.45. The Balaban J connectivity index is 1.93. The molecule has 0 aromatic heterocycles. The minimum absolute atomic E-state index is 0.641. The van der Waals surface area contributed by atoms with Crippen molar-refractivity contribution >= 4 is 0 Å². The molecule has 126 valence electrons. The second-order valence-electron chi connectivity index (χ2n) is 5.75. The van der Waals surface area contributed by atoms with Crippen molar-refractivity contribution in [2.75, 3.05) is 0 Å². The molecule has 0 radical (unpaired) electrons. The summed E-state index contributed by atoms with van der Waals surface area (Å²) in [7, 11) is 0. The van der Waals surface area contributed by atoms with Crippen LogP contribution in [0.1, 0.15) is 16.7 Å². The lowest BCUT2D eigenvalue weighted by atomic mass is 9.87. The van der Waals surface area contributed by atoms with Gasteiger partial charge in [-0.1, -0.05) is 103 Å². The highest BCUT2D eigenvalue weighted by Gasteiger charge is 2.29. The van der Waals surface area contributed by atoms with Crippen molar-refractivity contribution in [3.05, 3.63) is 108 Å². The Bertz CT molecular complexity index is 916. The Morgan fingerprint density at radius 2 is 1.12 bits per heavy atom. The molecule has 1 unspecified atom stereocenters. The van der Waals surface area contributed by atoms with E-state index in [1.54, 1.807) is 0 Å². The average molecular weight is 338 g/mol. The Kier molecular flexibility index (Phi) is 5.52. The van der Waals surface area contributed by atoms with E-state index in [1.165, 1.54) is 0 Å². The molecule has 1 atom stereocenters. The first kappa shape index (κ1) is 17.5. The molecule has 0 aliphatic rings. The molecule has 3 aromatic rings. The maximum atomic E-state index is 11.3. The third-order valence-electron chi connectivity index (χ3n) is 3.90. The molecule has 0 bridgehead atoms. The lowest BCUT2D eigenvalue weighted by Gasteiger charge is -2.23. The van der Waals surface area contributed by atoms with Gasteiger partial charge in [-0.05, 0) is 12.1 Å². The van der Waals surface area contributed by atoms with Crippen LogP contribution in [0.5, 0.6) is 0 Å². The van der Waals surface area contributed by atoms with E-state index in [1.807, 2.05) is 91.0 Å². The number of rotatable bonds is 2. The molecule has 0 heterocycles. The van der Waals surface area contributed by atoms with Crippen molar-refractivity contribution in [3.8, 4) is 23.7 Å². The summed E-state index contributed by atoms with van der Waals surface area (Å²) < 4.78 is 0. The van der Waals surface area contributed by atoms with E-state index in [0.717, 1.165) is 5.56 Å². The van der Waals surface area contributed by atoms with Crippen LogP contribution in [0.25, 0.3) is 0 Å². The van der Waals surface area contributed by atoms with Gasteiger partial charge < -0.3 is 10.2 Å². The first-order chi connectivity index (χ1) is 12.7. The number of hydrogen-bond donors (Lipinski definition) is 2. The second kappa shape index (κ2) is 8.19. The van der Waals surface area contributed by atoms with E-state index < -0.39 is 11.7 Å². The SMILES string of the molecule is OC(C#Cc1ccccc1)C#CC(O)(c1ccccc1)c1ccccc1. The summed E-state index contributed by atoms with van der Waals surface area (Å²) in [5, 5.41) is 21.4. The summed E-state index contributed by atoms with van der Waals surface area (Å²) in [6.07, 6.45) is -1.16. The molecule has 0 spiro atoms. The van der Waals surface area contributed by atoms with Crippen molar-refractivity contribution in [1.29, 1.82) is 0 Å². The molecule has 0 aliphatic carbocycles. The van der Waals surface area contributed by atoms with Gasteiger partial charge in [-0.25, -0.2) is 0 Å². The van der Waals surface area contributed by atoms with Crippen molar-refractivity contribution in [2.24, 2.45) is 0 Å². The highest BCUT2D eigenvalue weighted by atomic mass is 16.3. The number of hydrogen-bond acceptors (Lipinski definition) is 2. The Labute approximate surface area is 153 Å². The summed E-state index contributed by atoms with van der Waals surface area (Å²) in [5.74, 6) is 11.1. The molecule has 2 nitrogen and oxygen atoms in total. The topological polar surface area (TPSA) is 40.5 Å². The number of benzene rings is 3. The predicted molar refractivity (Wildman–Crippen MR) is 103 cm³/mol. The van der Waals surface area contributed by atoms with E-state index in [2.05, 4.69) is 23.7 Å². The van der Waals surface area contributed by atoms with Crippen LogP contribution in [0, 0.1) is 23.7 Å². The van der Waals surface area contributed by atoms with Gasteiger partial charge in [-0.3, -0.25) is 0 Å². The molecule has 0 saturated heterocycles. The van der Waals surface area contributed by atoms with Crippen LogP contribution < -0.4 is 0 Å². The second-order valence-corrected chi connectivity index (χ2v) is 5.75. The fraction of sp³-hybridized carbons (Fsp3) is 0.0833. The fourth-order valence-electron chi connectivity index (χ4n) is 2.55. The van der Waals surface area contributed by atoms with E-state index >= 15 is 0 Å². The molecule has 0 saturated carbocycles. The first-order valence-corrected chi connectivity index (χ1v) is 8.29. The summed E-state index contributed by atoms with van der Waals surface area (Å²) in [6, 6.07) is 27.7. The lowest BCUT2D eigenvalue weighted by Crippen LogP contribution is -2.25. The summed E-state index contributed by atoms with van der Waals surface area (Å²) in [6.45, 7) is 0. The number of aliphatic hydroxyl groups is 2. The Hall–Kier alpha value is -3.30. The van der Waals surface area contributed by atoms with Crippen LogP contribution in [0.4, 0.5) is 0 Å². The predicted octanol–water partition coefficient (Wildman–Crippen LogP) is 3.34. The van der Waals surface area contributed by atoms with Crippen molar-refractivity contribution in [1.82, 2.24) is 0 Å². The quantitative estimate of drug-likeness (QED) is 0.704. The van der Waals surface area contributed by atoms with Gasteiger partial charge in [0.25, 0.3) is 0 Å². The molecule has 2 N–H and O–H groups in total. The van der Waals surface area contributed by atoms with Crippen molar-refractivity contribution in [3.63, 3.8) is 0 Å². The van der Waals surface area contributed by atoms with E-state index in [0.29, 0.717) is 11.1 Å². The van der Waals surface area contributed by atoms with Gasteiger partial charge in [0.1, 0.15) is 0 Å². The van der Waals surface area contributed by atoms with E-state index in [9.17, 15) is 10.2 Å². The maximum absolute atomic E-state index is 11.3. The maximum Gasteiger partial charge on any atom is 0.177 e. The molecule has 2 heteroatoms. The van der Waals surface area contributed by atoms with E-state index in [4.69, 9.17) is 0 Å². The summed E-state index contributed by atoms with van der Waals surface area (Å²) in [4.78, 5) is 0. The lowest BCUT2D eigenvalue weighted by molar-refractivity contribution is 0.144. The van der Waals surface area contributed by atoms with Crippen molar-refractivity contribution in [2.45, 2.75) is 11.7 Å². The molecular formula is C24H18O2. The van der Waals surface area contributed by atoms with Gasteiger partial charge in [0, 0.05) is 16.7 Å². The zero-order valence-corrected chi connectivity index (χ0v) is 14.1. The first-order valence-electron chi connectivity index (χ1n) is 8.29. The molecule has 0 fully saturated rings.